The van der Waals surface area contributed by atoms with E-state index in [-0.39, 0.29) is 35.4 Å². The molecule has 1 aromatic heterocycles. The molecule has 5 N–H and O–H groups in total. The van der Waals surface area contributed by atoms with E-state index in [4.69, 9.17) is 37.5 Å². The summed E-state index contributed by atoms with van der Waals surface area (Å²) in [7, 11) is 5.84. The predicted molar refractivity (Wildman–Crippen MR) is 115 cm³/mol. The summed E-state index contributed by atoms with van der Waals surface area (Å²) in [6.07, 6.45) is 0. The van der Waals surface area contributed by atoms with Gasteiger partial charge in [-0.15, -0.1) is 5.10 Å². The first-order chi connectivity index (χ1) is 14.8. The molecule has 0 aliphatic carbocycles. The van der Waals surface area contributed by atoms with Gasteiger partial charge >= 0.3 is 0 Å². The van der Waals surface area contributed by atoms with Crippen molar-refractivity contribution in [3.63, 3.8) is 0 Å². The van der Waals surface area contributed by atoms with Crippen LogP contribution in [0.2, 0.25) is 5.02 Å². The largest absolute Gasteiger partial charge is 0.493 e. The van der Waals surface area contributed by atoms with E-state index >= 15 is 0 Å². The topological polar surface area (TPSA) is 159 Å². The highest BCUT2D eigenvalue weighted by molar-refractivity contribution is 6.36. The second kappa shape index (κ2) is 10.6. The van der Waals surface area contributed by atoms with Gasteiger partial charge in [0.05, 0.1) is 38.0 Å². The minimum Gasteiger partial charge on any atom is -0.493 e. The molecule has 2 aromatic rings. The average Bonchev–Trinajstić information content (AvgIpc) is 2.77. The highest BCUT2D eigenvalue weighted by atomic mass is 35.5. The van der Waals surface area contributed by atoms with Crippen molar-refractivity contribution in [2.75, 3.05) is 34.5 Å². The normalized spacial score (nSPS) is 11.2. The lowest BCUT2D eigenvalue weighted by molar-refractivity contribution is 0.0962. The zero-order valence-electron chi connectivity index (χ0n) is 17.5. The molecule has 2 rings (SSSR count). The number of aryl methyl sites for hydroxylation is 1. The Morgan fingerprint density at radius 2 is 1.97 bits per heavy atom. The summed E-state index contributed by atoms with van der Waals surface area (Å²) >= 11 is 6.43. The maximum absolute atomic E-state index is 12.8. The summed E-state index contributed by atoms with van der Waals surface area (Å²) < 4.78 is 16.4. The number of carbonyl (C=O) groups excluding carboxylic acids is 1. The maximum Gasteiger partial charge on any atom is 0.280 e. The molecule has 1 aromatic carbocycles. The quantitative estimate of drug-likeness (QED) is 0.225. The van der Waals surface area contributed by atoms with E-state index in [2.05, 4.69) is 15.5 Å². The van der Waals surface area contributed by atoms with Gasteiger partial charge in [-0.05, 0) is 17.7 Å². The smallest absolute Gasteiger partial charge is 0.280 e. The Kier molecular flexibility index (Phi) is 8.19. The molecular weight excluding hydrogens is 430 g/mol. The molecule has 168 valence electrons. The number of guanidine groups is 1. The lowest BCUT2D eigenvalue weighted by Crippen LogP contribution is -2.50. The maximum atomic E-state index is 12.8. The van der Waals surface area contributed by atoms with E-state index in [1.807, 2.05) is 0 Å². The summed E-state index contributed by atoms with van der Waals surface area (Å²) in [4.78, 5) is 25.6. The zero-order chi connectivity index (χ0) is 23.1. The van der Waals surface area contributed by atoms with E-state index in [0.29, 0.717) is 17.1 Å². The molecule has 12 nitrogen and oxygen atoms in total. The van der Waals surface area contributed by atoms with Crippen LogP contribution in [0, 0.1) is 0 Å². The second-order valence-electron chi connectivity index (χ2n) is 6.13. The fraction of sp³-hybridized carbons (Fsp3) is 0.333. The molecule has 0 radical (unpaired) electrons. The lowest BCUT2D eigenvalue weighted by atomic mass is 10.1. The van der Waals surface area contributed by atoms with Crippen LogP contribution in [-0.2, 0) is 11.8 Å². The number of nitrogens with two attached hydrogens (primary N) is 2. The predicted octanol–water partition coefficient (Wildman–Crippen LogP) is -0.100. The van der Waals surface area contributed by atoms with Crippen molar-refractivity contribution in [3.05, 3.63) is 39.3 Å². The van der Waals surface area contributed by atoms with Crippen molar-refractivity contribution < 1.29 is 19.0 Å². The van der Waals surface area contributed by atoms with Gasteiger partial charge in [0.2, 0.25) is 5.96 Å². The molecule has 0 saturated heterocycles. The van der Waals surface area contributed by atoms with Gasteiger partial charge in [0.15, 0.2) is 17.2 Å². The second-order valence-corrected chi connectivity index (χ2v) is 6.51. The Bertz CT molecular complexity index is 1040. The molecule has 1 amide bonds. The van der Waals surface area contributed by atoms with E-state index in [9.17, 15) is 9.59 Å². The Balaban J connectivity index is 2.49. The summed E-state index contributed by atoms with van der Waals surface area (Å²) in [6.45, 7) is 0.478. The van der Waals surface area contributed by atoms with Crippen LogP contribution in [0.1, 0.15) is 10.5 Å². The third-order valence-corrected chi connectivity index (χ3v) is 4.60. The number of nitrogens with zero attached hydrogens (tertiary/aromatic N) is 4. The fourth-order valence-corrected chi connectivity index (χ4v) is 2.95. The van der Waals surface area contributed by atoms with Gasteiger partial charge in [-0.2, -0.15) is 5.10 Å². The highest BCUT2D eigenvalue weighted by Crippen LogP contribution is 2.34. The Morgan fingerprint density at radius 3 is 2.55 bits per heavy atom. The molecule has 0 atom stereocenters. The summed E-state index contributed by atoms with van der Waals surface area (Å²) in [5, 5.41) is 10.8. The standard InChI is InChI=1S/C18H24ClN7O5/c1-25-17(28)13(10-5-6-11(30-3)12(9-10)31-4)14(19)15(24-25)16(27)22-18(23-20)26(21)7-8-29-2/h5-6,9H,7-8,20-21H2,1-4H3,(H,22,23,27). The Morgan fingerprint density at radius 1 is 1.29 bits per heavy atom. The van der Waals surface area contributed by atoms with Crippen LogP contribution in [0.5, 0.6) is 11.5 Å². The van der Waals surface area contributed by atoms with Crippen molar-refractivity contribution >= 4 is 23.5 Å². The van der Waals surface area contributed by atoms with Crippen molar-refractivity contribution in [1.82, 2.24) is 20.1 Å². The van der Waals surface area contributed by atoms with E-state index < -0.39 is 11.5 Å². The average molecular weight is 454 g/mol. The van der Waals surface area contributed by atoms with Crippen LogP contribution in [0.25, 0.3) is 11.1 Å². The molecule has 0 aliphatic heterocycles. The SMILES string of the molecule is COCCN(N)/C(=N\N)NC(=O)c1nn(C)c(=O)c(-c2ccc(OC)c(OC)c2)c1Cl. The molecular formula is C18H24ClN7O5. The molecule has 0 saturated carbocycles. The molecule has 13 heteroatoms. The van der Waals surface area contributed by atoms with Gasteiger partial charge in [-0.1, -0.05) is 17.7 Å². The first kappa shape index (κ1) is 23.9. The molecule has 0 unspecified atom stereocenters. The molecule has 0 bridgehead atoms. The molecule has 1 heterocycles. The van der Waals surface area contributed by atoms with Crippen LogP contribution in [-0.4, -0.2) is 61.1 Å². The van der Waals surface area contributed by atoms with E-state index in [1.165, 1.54) is 28.4 Å². The lowest BCUT2D eigenvalue weighted by Gasteiger charge is -2.20. The number of halogens is 1. The van der Waals surface area contributed by atoms with Gasteiger partial charge in [-0.3, -0.25) is 19.9 Å². The minimum atomic E-state index is -0.764. The van der Waals surface area contributed by atoms with Crippen LogP contribution < -0.4 is 32.0 Å². The van der Waals surface area contributed by atoms with Gasteiger partial charge in [-0.25, -0.2) is 10.5 Å². The number of aromatic nitrogens is 2. The number of hydrogen-bond acceptors (Lipinski definition) is 9. The summed E-state index contributed by atoms with van der Waals surface area (Å²) in [5.74, 6) is 11.1. The number of hydrazine groups is 1. The van der Waals surface area contributed by atoms with Crippen LogP contribution in [0.3, 0.4) is 0 Å². The monoisotopic (exact) mass is 453 g/mol. The van der Waals surface area contributed by atoms with Gasteiger partial charge < -0.3 is 20.1 Å². The first-order valence-electron chi connectivity index (χ1n) is 8.88. The van der Waals surface area contributed by atoms with Crippen LogP contribution >= 0.6 is 11.6 Å². The minimum absolute atomic E-state index is 0.0560. The summed E-state index contributed by atoms with van der Waals surface area (Å²) in [6, 6.07) is 4.80. The van der Waals surface area contributed by atoms with Crippen molar-refractivity contribution in [2.45, 2.75) is 0 Å². The van der Waals surface area contributed by atoms with Crippen molar-refractivity contribution in [1.29, 1.82) is 0 Å². The number of nitrogens with one attached hydrogen (secondary N) is 1. The zero-order valence-corrected chi connectivity index (χ0v) is 18.3. The first-order valence-corrected chi connectivity index (χ1v) is 9.26. The van der Waals surface area contributed by atoms with E-state index in [1.54, 1.807) is 18.2 Å². The highest BCUT2D eigenvalue weighted by Gasteiger charge is 2.24. The van der Waals surface area contributed by atoms with Crippen molar-refractivity contribution in [3.8, 4) is 22.6 Å². The number of rotatable bonds is 7. The third kappa shape index (κ3) is 5.23. The Labute approximate surface area is 183 Å². The number of benzene rings is 1. The summed E-state index contributed by atoms with van der Waals surface area (Å²) in [5.41, 5.74) is -0.273. The number of hydrogen-bond donors (Lipinski definition) is 3. The van der Waals surface area contributed by atoms with Crippen LogP contribution in [0.15, 0.2) is 28.1 Å². The number of hydrazone groups is 1. The number of methoxy groups -OCH3 is 3. The van der Waals surface area contributed by atoms with Gasteiger partial charge in [0.25, 0.3) is 11.5 Å². The van der Waals surface area contributed by atoms with Gasteiger partial charge in [0.1, 0.15) is 0 Å². The third-order valence-electron chi connectivity index (χ3n) is 4.23. The van der Waals surface area contributed by atoms with E-state index in [0.717, 1.165) is 9.69 Å². The van der Waals surface area contributed by atoms with Crippen molar-refractivity contribution in [2.24, 2.45) is 23.8 Å². The number of amides is 1. The van der Waals surface area contributed by atoms with Crippen LogP contribution in [0.4, 0.5) is 0 Å². The molecule has 0 spiro atoms. The van der Waals surface area contributed by atoms with Gasteiger partial charge in [0, 0.05) is 14.2 Å². The number of carbonyl (C=O) groups is 1. The molecule has 0 fully saturated rings. The Hall–Kier alpha value is -3.35. The molecule has 31 heavy (non-hydrogen) atoms. The number of ether oxygens (including phenoxy) is 3. The fourth-order valence-electron chi connectivity index (χ4n) is 2.63. The molecule has 0 aliphatic rings.